The summed E-state index contributed by atoms with van der Waals surface area (Å²) in [5, 5.41) is 23.1. The molecule has 0 saturated heterocycles. The Bertz CT molecular complexity index is 1030. The van der Waals surface area contributed by atoms with Crippen molar-refractivity contribution in [2.45, 2.75) is 334 Å². The van der Waals surface area contributed by atoms with Gasteiger partial charge in [-0.3, -0.25) is 9.59 Å². The second-order valence-corrected chi connectivity index (χ2v) is 20.3. The van der Waals surface area contributed by atoms with Gasteiger partial charge in [-0.1, -0.05) is 282 Å². The third-order valence-corrected chi connectivity index (χ3v) is 13.7. The van der Waals surface area contributed by atoms with Gasteiger partial charge in [0.2, 0.25) is 5.91 Å². The van der Waals surface area contributed by atoms with Crippen LogP contribution in [0.4, 0.5) is 0 Å². The number of aliphatic hydroxyl groups excluding tert-OH is 2. The van der Waals surface area contributed by atoms with Crippen LogP contribution >= 0.6 is 0 Å². The Kier molecular flexibility index (Phi) is 54.5. The van der Waals surface area contributed by atoms with Gasteiger partial charge in [-0.25, -0.2) is 0 Å². The first kappa shape index (κ1) is 64.3. The van der Waals surface area contributed by atoms with Crippen molar-refractivity contribution in [1.29, 1.82) is 0 Å². The zero-order chi connectivity index (χ0) is 47.9. The minimum Gasteiger partial charge on any atom is -0.466 e. The van der Waals surface area contributed by atoms with Crippen molar-refractivity contribution in [3.8, 4) is 0 Å². The smallest absolute Gasteiger partial charge is 0.305 e. The van der Waals surface area contributed by atoms with Gasteiger partial charge in [0.1, 0.15) is 0 Å². The second kappa shape index (κ2) is 55.9. The first-order valence-electron chi connectivity index (χ1n) is 29.6. The lowest BCUT2D eigenvalue weighted by Gasteiger charge is -2.19. The van der Waals surface area contributed by atoms with E-state index in [0.29, 0.717) is 19.4 Å². The number of unbranched alkanes of at least 4 members (excludes halogenated alkanes) is 42. The molecule has 6 nitrogen and oxygen atoms in total. The molecule has 0 fully saturated rings. The molecular formula is C60H115NO5. The third kappa shape index (κ3) is 51.7. The zero-order valence-corrected chi connectivity index (χ0v) is 44.4. The maximum atomic E-state index is 12.5. The SMILES string of the molecule is CCCCCCCCCCCCCCCCCCCCCCCC/C=C/C(O)C(CO)NC(=O)CCC/C=C\CCCCCCOC(=O)CCCCCCCCCCCCCCCCCC. The van der Waals surface area contributed by atoms with E-state index in [4.69, 9.17) is 4.74 Å². The van der Waals surface area contributed by atoms with Crippen LogP contribution in [0.15, 0.2) is 24.3 Å². The number of hydrogen-bond donors (Lipinski definition) is 3. The molecule has 390 valence electrons. The standard InChI is InChI=1S/C60H115NO5/c1-3-5-7-9-11-13-15-17-19-21-22-23-24-25-26-27-28-29-31-33-36-40-44-48-52-58(63)57(56-62)61-59(64)53-49-45-41-37-35-39-43-47-51-55-66-60(65)54-50-46-42-38-34-32-30-20-18-16-14-12-10-8-6-4-2/h37,41,48,52,57-58,62-63H,3-36,38-40,42-47,49-51,53-56H2,1-2H3,(H,61,64)/b41-37-,52-48+. The van der Waals surface area contributed by atoms with Gasteiger partial charge < -0.3 is 20.3 Å². The van der Waals surface area contributed by atoms with Crippen molar-refractivity contribution >= 4 is 11.9 Å². The van der Waals surface area contributed by atoms with E-state index in [1.54, 1.807) is 6.08 Å². The minimum atomic E-state index is -0.876. The average molecular weight is 931 g/mol. The summed E-state index contributed by atoms with van der Waals surface area (Å²) in [5.41, 5.74) is 0. The number of amides is 1. The average Bonchev–Trinajstić information content (AvgIpc) is 3.32. The van der Waals surface area contributed by atoms with Gasteiger partial charge in [0.15, 0.2) is 0 Å². The van der Waals surface area contributed by atoms with Crippen molar-refractivity contribution in [2.75, 3.05) is 13.2 Å². The van der Waals surface area contributed by atoms with Crippen LogP contribution in [0, 0.1) is 0 Å². The molecular weight excluding hydrogens is 815 g/mol. The van der Waals surface area contributed by atoms with Gasteiger partial charge in [-0.15, -0.1) is 0 Å². The molecule has 0 aromatic rings. The van der Waals surface area contributed by atoms with Crippen molar-refractivity contribution < 1.29 is 24.5 Å². The molecule has 0 aliphatic rings. The van der Waals surface area contributed by atoms with Crippen molar-refractivity contribution in [3.63, 3.8) is 0 Å². The summed E-state index contributed by atoms with van der Waals surface area (Å²) in [5.74, 6) is -0.159. The van der Waals surface area contributed by atoms with E-state index in [1.165, 1.54) is 225 Å². The van der Waals surface area contributed by atoms with Crippen LogP contribution in [0.5, 0.6) is 0 Å². The lowest BCUT2D eigenvalue weighted by Crippen LogP contribution is -2.45. The van der Waals surface area contributed by atoms with Crippen LogP contribution in [-0.2, 0) is 14.3 Å². The van der Waals surface area contributed by atoms with E-state index >= 15 is 0 Å². The molecule has 0 aliphatic heterocycles. The van der Waals surface area contributed by atoms with E-state index in [1.807, 2.05) is 6.08 Å². The van der Waals surface area contributed by atoms with Gasteiger partial charge >= 0.3 is 5.97 Å². The Labute approximate surface area is 411 Å². The number of carbonyl (C=O) groups excluding carboxylic acids is 2. The number of ether oxygens (including phenoxy) is 1. The van der Waals surface area contributed by atoms with Crippen molar-refractivity contribution in [2.24, 2.45) is 0 Å². The molecule has 66 heavy (non-hydrogen) atoms. The van der Waals surface area contributed by atoms with E-state index in [2.05, 4.69) is 31.3 Å². The predicted octanol–water partition coefficient (Wildman–Crippen LogP) is 18.2. The Morgan fingerprint density at radius 3 is 1.11 bits per heavy atom. The number of aliphatic hydroxyl groups is 2. The molecule has 0 aromatic heterocycles. The summed E-state index contributed by atoms with van der Waals surface area (Å²) in [6, 6.07) is -0.666. The van der Waals surface area contributed by atoms with Crippen LogP contribution in [0.2, 0.25) is 0 Å². The number of nitrogens with one attached hydrogen (secondary N) is 1. The van der Waals surface area contributed by atoms with Gasteiger partial charge in [-0.2, -0.15) is 0 Å². The van der Waals surface area contributed by atoms with Gasteiger partial charge in [-0.05, 0) is 51.4 Å². The number of hydrogen-bond acceptors (Lipinski definition) is 5. The first-order chi connectivity index (χ1) is 32.5. The Morgan fingerprint density at radius 2 is 0.727 bits per heavy atom. The molecule has 0 aliphatic carbocycles. The molecule has 0 saturated carbocycles. The Morgan fingerprint density at radius 1 is 0.409 bits per heavy atom. The lowest BCUT2D eigenvalue weighted by molar-refractivity contribution is -0.143. The summed E-state index contributed by atoms with van der Waals surface area (Å²) in [7, 11) is 0. The molecule has 2 unspecified atom stereocenters. The fraction of sp³-hybridized carbons (Fsp3) is 0.900. The molecule has 0 bridgehead atoms. The molecule has 0 rings (SSSR count). The van der Waals surface area contributed by atoms with Gasteiger partial charge in [0.05, 0.1) is 25.4 Å². The first-order valence-corrected chi connectivity index (χ1v) is 29.6. The fourth-order valence-electron chi connectivity index (χ4n) is 9.17. The van der Waals surface area contributed by atoms with Crippen LogP contribution in [0.3, 0.4) is 0 Å². The second-order valence-electron chi connectivity index (χ2n) is 20.3. The number of carbonyl (C=O) groups is 2. The van der Waals surface area contributed by atoms with Crippen LogP contribution < -0.4 is 5.32 Å². The highest BCUT2D eigenvalue weighted by Gasteiger charge is 2.18. The number of rotatable bonds is 55. The lowest BCUT2D eigenvalue weighted by atomic mass is 10.0. The Hall–Kier alpha value is -1.66. The summed E-state index contributed by atoms with van der Waals surface area (Å²) in [6.45, 7) is 4.84. The highest BCUT2D eigenvalue weighted by molar-refractivity contribution is 5.76. The molecule has 6 heteroatoms. The molecule has 0 heterocycles. The van der Waals surface area contributed by atoms with E-state index in [9.17, 15) is 19.8 Å². The van der Waals surface area contributed by atoms with Crippen LogP contribution in [0.1, 0.15) is 322 Å². The maximum absolute atomic E-state index is 12.5. The number of esters is 1. The summed E-state index contributed by atoms with van der Waals surface area (Å²) in [4.78, 5) is 24.5. The largest absolute Gasteiger partial charge is 0.466 e. The highest BCUT2D eigenvalue weighted by Crippen LogP contribution is 2.17. The monoisotopic (exact) mass is 930 g/mol. The molecule has 3 N–H and O–H groups in total. The number of allylic oxidation sites excluding steroid dienone is 3. The minimum absolute atomic E-state index is 0.0338. The van der Waals surface area contributed by atoms with Gasteiger partial charge in [0.25, 0.3) is 0 Å². The van der Waals surface area contributed by atoms with Crippen LogP contribution in [-0.4, -0.2) is 47.4 Å². The molecule has 0 aromatic carbocycles. The van der Waals surface area contributed by atoms with Crippen LogP contribution in [0.25, 0.3) is 0 Å². The predicted molar refractivity (Wildman–Crippen MR) is 287 cm³/mol. The zero-order valence-electron chi connectivity index (χ0n) is 44.4. The topological polar surface area (TPSA) is 95.9 Å². The molecule has 2 atom stereocenters. The molecule has 0 radical (unpaired) electrons. The van der Waals surface area contributed by atoms with Gasteiger partial charge in [0, 0.05) is 12.8 Å². The van der Waals surface area contributed by atoms with Crippen molar-refractivity contribution in [3.05, 3.63) is 24.3 Å². The Balaban J connectivity index is 3.53. The summed E-state index contributed by atoms with van der Waals surface area (Å²) < 4.78 is 5.45. The van der Waals surface area contributed by atoms with E-state index in [-0.39, 0.29) is 18.5 Å². The molecule has 1 amide bonds. The summed E-state index contributed by atoms with van der Waals surface area (Å²) in [6.07, 6.45) is 67.9. The quantitative estimate of drug-likeness (QED) is 0.0321. The molecule has 0 spiro atoms. The van der Waals surface area contributed by atoms with Crippen molar-refractivity contribution in [1.82, 2.24) is 5.32 Å². The third-order valence-electron chi connectivity index (χ3n) is 13.7. The maximum Gasteiger partial charge on any atom is 0.305 e. The highest BCUT2D eigenvalue weighted by atomic mass is 16.5. The van der Waals surface area contributed by atoms with E-state index in [0.717, 1.165) is 70.6 Å². The fourth-order valence-corrected chi connectivity index (χ4v) is 9.17. The summed E-state index contributed by atoms with van der Waals surface area (Å²) >= 11 is 0. The normalized spacial score (nSPS) is 12.7. The van der Waals surface area contributed by atoms with E-state index < -0.39 is 12.1 Å².